The van der Waals surface area contributed by atoms with Gasteiger partial charge in [0.1, 0.15) is 11.2 Å². The molecule has 10 rings (SSSR count). The van der Waals surface area contributed by atoms with Gasteiger partial charge in [0.2, 0.25) is 0 Å². The summed E-state index contributed by atoms with van der Waals surface area (Å²) in [5, 5.41) is 2.26. The first-order valence-electron chi connectivity index (χ1n) is 19.1. The van der Waals surface area contributed by atoms with Crippen LogP contribution in [0.3, 0.4) is 0 Å². The van der Waals surface area contributed by atoms with Crippen molar-refractivity contribution in [3.8, 4) is 55.6 Å². The SMILES string of the molecule is c1ccc(-c2ccc(-c3ccc(N(c4ccc(-c5cccc(-c6ccccc6)c5)cc4)c4cccc(-c5cccc6c5oc5ccccc56)c4)cc3)cc2)cc1. The van der Waals surface area contributed by atoms with E-state index in [1.807, 2.05) is 12.1 Å². The lowest BCUT2D eigenvalue weighted by molar-refractivity contribution is 0.670. The molecule has 0 aliphatic carbocycles. The minimum atomic E-state index is 0.900. The van der Waals surface area contributed by atoms with Crippen molar-refractivity contribution in [1.29, 1.82) is 0 Å². The van der Waals surface area contributed by atoms with Gasteiger partial charge in [0, 0.05) is 33.4 Å². The third-order valence-electron chi connectivity index (χ3n) is 10.7. The summed E-state index contributed by atoms with van der Waals surface area (Å²) in [4.78, 5) is 2.34. The zero-order valence-electron chi connectivity index (χ0n) is 30.7. The van der Waals surface area contributed by atoms with Crippen molar-refractivity contribution in [2.75, 3.05) is 4.90 Å². The van der Waals surface area contributed by atoms with Crippen LogP contribution >= 0.6 is 0 Å². The molecule has 0 atom stereocenters. The van der Waals surface area contributed by atoms with Crippen LogP contribution in [-0.4, -0.2) is 0 Å². The van der Waals surface area contributed by atoms with Crippen LogP contribution in [0.25, 0.3) is 77.6 Å². The fourth-order valence-corrected chi connectivity index (χ4v) is 7.83. The van der Waals surface area contributed by atoms with E-state index in [4.69, 9.17) is 4.42 Å². The molecule has 0 fully saturated rings. The summed E-state index contributed by atoms with van der Waals surface area (Å²) in [5.41, 5.74) is 16.8. The third-order valence-corrected chi connectivity index (χ3v) is 10.7. The fraction of sp³-hybridized carbons (Fsp3) is 0. The Morgan fingerprint density at radius 2 is 0.696 bits per heavy atom. The normalized spacial score (nSPS) is 11.2. The lowest BCUT2D eigenvalue weighted by Crippen LogP contribution is -2.10. The Morgan fingerprint density at radius 3 is 1.32 bits per heavy atom. The standard InChI is InChI=1S/C54H37NO/c1-3-12-38(13-4-1)40-24-26-41(27-25-40)42-28-32-47(33-29-42)55(48-34-30-43(31-35-48)45-17-9-16-44(36-45)39-14-5-2-6-15-39)49-19-10-18-46(37-49)50-21-11-22-52-51-20-7-8-23-53(51)56-54(50)52/h1-37H. The average molecular weight is 716 g/mol. The molecule has 1 aromatic heterocycles. The Labute approximate surface area is 327 Å². The van der Waals surface area contributed by atoms with Crippen LogP contribution in [0.1, 0.15) is 0 Å². The van der Waals surface area contributed by atoms with Gasteiger partial charge in [-0.05, 0) is 98.6 Å². The minimum Gasteiger partial charge on any atom is -0.455 e. The van der Waals surface area contributed by atoms with Gasteiger partial charge in [-0.15, -0.1) is 0 Å². The molecule has 0 aliphatic heterocycles. The number of nitrogens with zero attached hydrogens (tertiary/aromatic N) is 1. The molecule has 0 aliphatic rings. The molecule has 0 unspecified atom stereocenters. The number of hydrogen-bond acceptors (Lipinski definition) is 2. The molecule has 9 aromatic carbocycles. The molecule has 0 spiro atoms. The molecule has 0 N–H and O–H groups in total. The molecular formula is C54H37NO. The number of hydrogen-bond donors (Lipinski definition) is 0. The van der Waals surface area contributed by atoms with E-state index in [2.05, 4.69) is 217 Å². The molecule has 264 valence electrons. The van der Waals surface area contributed by atoms with Crippen LogP contribution in [0, 0.1) is 0 Å². The largest absolute Gasteiger partial charge is 0.455 e. The van der Waals surface area contributed by atoms with Crippen LogP contribution < -0.4 is 4.90 Å². The van der Waals surface area contributed by atoms with Crippen molar-refractivity contribution in [2.45, 2.75) is 0 Å². The molecule has 0 amide bonds. The van der Waals surface area contributed by atoms with Gasteiger partial charge >= 0.3 is 0 Å². The first-order valence-corrected chi connectivity index (χ1v) is 19.1. The zero-order chi connectivity index (χ0) is 37.3. The van der Waals surface area contributed by atoms with E-state index in [0.29, 0.717) is 0 Å². The van der Waals surface area contributed by atoms with Gasteiger partial charge in [0.15, 0.2) is 0 Å². The summed E-state index contributed by atoms with van der Waals surface area (Å²) in [6.45, 7) is 0. The van der Waals surface area contributed by atoms with Crippen molar-refractivity contribution in [2.24, 2.45) is 0 Å². The zero-order valence-corrected chi connectivity index (χ0v) is 30.7. The summed E-state index contributed by atoms with van der Waals surface area (Å²) in [5.74, 6) is 0. The number of benzene rings is 9. The third kappa shape index (κ3) is 6.34. The highest BCUT2D eigenvalue weighted by atomic mass is 16.3. The van der Waals surface area contributed by atoms with E-state index in [1.165, 1.54) is 44.5 Å². The van der Waals surface area contributed by atoms with Gasteiger partial charge in [-0.3, -0.25) is 0 Å². The minimum absolute atomic E-state index is 0.900. The highest BCUT2D eigenvalue weighted by Crippen LogP contribution is 2.41. The summed E-state index contributed by atoms with van der Waals surface area (Å²) in [6.07, 6.45) is 0. The molecule has 10 aromatic rings. The number of anilines is 3. The average Bonchev–Trinajstić information content (AvgIpc) is 3.67. The Kier molecular flexibility index (Phi) is 8.55. The number of para-hydroxylation sites is 2. The Morgan fingerprint density at radius 1 is 0.268 bits per heavy atom. The molecule has 2 heteroatoms. The van der Waals surface area contributed by atoms with E-state index in [9.17, 15) is 0 Å². The second kappa shape index (κ2) is 14.4. The van der Waals surface area contributed by atoms with Crippen molar-refractivity contribution in [1.82, 2.24) is 0 Å². The molecule has 0 saturated heterocycles. The van der Waals surface area contributed by atoms with Gasteiger partial charge in [-0.2, -0.15) is 0 Å². The molecule has 0 bridgehead atoms. The molecule has 2 nitrogen and oxygen atoms in total. The monoisotopic (exact) mass is 715 g/mol. The van der Waals surface area contributed by atoms with Crippen LogP contribution in [0.15, 0.2) is 229 Å². The van der Waals surface area contributed by atoms with E-state index >= 15 is 0 Å². The number of furan rings is 1. The van der Waals surface area contributed by atoms with Gasteiger partial charge in [-0.1, -0.05) is 176 Å². The topological polar surface area (TPSA) is 16.4 Å². The van der Waals surface area contributed by atoms with E-state index < -0.39 is 0 Å². The predicted molar refractivity (Wildman–Crippen MR) is 236 cm³/mol. The Bertz CT molecular complexity index is 2930. The van der Waals surface area contributed by atoms with Crippen molar-refractivity contribution in [3.05, 3.63) is 224 Å². The first-order chi connectivity index (χ1) is 27.7. The Hall–Kier alpha value is -7.42. The number of fused-ring (bicyclic) bond motifs is 3. The van der Waals surface area contributed by atoms with Crippen molar-refractivity contribution >= 4 is 39.0 Å². The van der Waals surface area contributed by atoms with E-state index in [-0.39, 0.29) is 0 Å². The second-order valence-electron chi connectivity index (χ2n) is 14.2. The predicted octanol–water partition coefficient (Wildman–Crippen LogP) is 15.4. The van der Waals surface area contributed by atoms with Crippen LogP contribution in [0.2, 0.25) is 0 Å². The second-order valence-corrected chi connectivity index (χ2v) is 14.2. The maximum absolute atomic E-state index is 6.47. The van der Waals surface area contributed by atoms with Gasteiger partial charge in [0.05, 0.1) is 0 Å². The van der Waals surface area contributed by atoms with Gasteiger partial charge in [-0.25, -0.2) is 0 Å². The van der Waals surface area contributed by atoms with Crippen LogP contribution in [0.5, 0.6) is 0 Å². The molecule has 0 saturated carbocycles. The molecule has 1 heterocycles. The van der Waals surface area contributed by atoms with E-state index in [1.54, 1.807) is 0 Å². The molecular weight excluding hydrogens is 679 g/mol. The Balaban J connectivity index is 1.04. The van der Waals surface area contributed by atoms with Crippen LogP contribution in [-0.2, 0) is 0 Å². The highest BCUT2D eigenvalue weighted by Gasteiger charge is 2.17. The highest BCUT2D eigenvalue weighted by molar-refractivity contribution is 6.09. The van der Waals surface area contributed by atoms with E-state index in [0.717, 1.165) is 50.1 Å². The maximum atomic E-state index is 6.47. The summed E-state index contributed by atoms with van der Waals surface area (Å²) in [6, 6.07) is 80.0. The van der Waals surface area contributed by atoms with Crippen LogP contribution in [0.4, 0.5) is 17.1 Å². The van der Waals surface area contributed by atoms with Gasteiger partial charge < -0.3 is 9.32 Å². The quantitative estimate of drug-likeness (QED) is 0.156. The molecule has 56 heavy (non-hydrogen) atoms. The first kappa shape index (κ1) is 33.2. The lowest BCUT2D eigenvalue weighted by atomic mass is 9.98. The molecule has 0 radical (unpaired) electrons. The summed E-state index contributed by atoms with van der Waals surface area (Å²) < 4.78 is 6.47. The maximum Gasteiger partial charge on any atom is 0.143 e. The van der Waals surface area contributed by atoms with Crippen molar-refractivity contribution < 1.29 is 4.42 Å². The fourth-order valence-electron chi connectivity index (χ4n) is 7.83. The summed E-state index contributed by atoms with van der Waals surface area (Å²) in [7, 11) is 0. The smallest absolute Gasteiger partial charge is 0.143 e. The van der Waals surface area contributed by atoms with Gasteiger partial charge in [0.25, 0.3) is 0 Å². The summed E-state index contributed by atoms with van der Waals surface area (Å²) >= 11 is 0. The van der Waals surface area contributed by atoms with Crippen molar-refractivity contribution in [3.63, 3.8) is 0 Å². The lowest BCUT2D eigenvalue weighted by Gasteiger charge is -2.26. The number of rotatable bonds is 8.